The minimum absolute atomic E-state index is 0.543. The van der Waals surface area contributed by atoms with Gasteiger partial charge in [0.2, 0.25) is 0 Å². The number of nitrogens with zero attached hydrogens (tertiary/aromatic N) is 3. The van der Waals surface area contributed by atoms with E-state index in [1.165, 1.54) is 0 Å². The molecule has 0 aliphatic rings. The van der Waals surface area contributed by atoms with Crippen molar-refractivity contribution in [3.63, 3.8) is 0 Å². The van der Waals surface area contributed by atoms with Gasteiger partial charge in [-0.2, -0.15) is 5.10 Å². The predicted molar refractivity (Wildman–Crippen MR) is 95.7 cm³/mol. The second-order valence-electron chi connectivity index (χ2n) is 6.40. The van der Waals surface area contributed by atoms with Crippen LogP contribution >= 0.6 is 0 Å². The molecule has 25 heavy (non-hydrogen) atoms. The third-order valence-electron chi connectivity index (χ3n) is 3.14. The van der Waals surface area contributed by atoms with Crippen molar-refractivity contribution in [2.75, 3.05) is 10.7 Å². The second kappa shape index (κ2) is 6.68. The molecule has 0 aliphatic heterocycles. The number of aromatic nitrogens is 3. The molecule has 0 spiro atoms. The Kier molecular flexibility index (Phi) is 4.42. The average molecular weight is 340 g/mol. The maximum absolute atomic E-state index is 11.7. The lowest BCUT2D eigenvalue weighted by atomic mass is 10.2. The van der Waals surface area contributed by atoms with Crippen molar-refractivity contribution < 1.29 is 9.53 Å². The van der Waals surface area contributed by atoms with E-state index in [2.05, 4.69) is 26.3 Å². The van der Waals surface area contributed by atoms with Gasteiger partial charge in [0.1, 0.15) is 5.60 Å². The van der Waals surface area contributed by atoms with Crippen molar-refractivity contribution in [1.29, 1.82) is 0 Å². The summed E-state index contributed by atoms with van der Waals surface area (Å²) in [5.74, 6) is 0. The average Bonchev–Trinajstić information content (AvgIpc) is 3.01. The molecular formula is C17H20N6O2. The number of amides is 1. The Morgan fingerprint density at radius 2 is 1.96 bits per heavy atom. The molecule has 2 aromatic heterocycles. The number of benzene rings is 1. The zero-order valence-corrected chi connectivity index (χ0v) is 14.3. The van der Waals surface area contributed by atoms with Gasteiger partial charge >= 0.3 is 6.09 Å². The predicted octanol–water partition coefficient (Wildman–Crippen LogP) is 3.32. The molecule has 3 rings (SSSR count). The van der Waals surface area contributed by atoms with E-state index in [4.69, 9.17) is 4.74 Å². The van der Waals surface area contributed by atoms with Gasteiger partial charge < -0.3 is 10.1 Å². The zero-order chi connectivity index (χ0) is 17.9. The first kappa shape index (κ1) is 16.6. The Hall–Kier alpha value is -3.29. The number of nitrogens with one attached hydrogen (secondary N) is 3. The first-order valence-electron chi connectivity index (χ1n) is 7.81. The molecule has 0 bridgehead atoms. The number of hydrogen-bond acceptors (Lipinski definition) is 6. The molecule has 0 fully saturated rings. The molecule has 3 N–H and O–H groups in total. The van der Waals surface area contributed by atoms with Crippen LogP contribution in [0.1, 0.15) is 20.8 Å². The number of fused-ring (bicyclic) bond motifs is 1. The van der Waals surface area contributed by atoms with Crippen molar-refractivity contribution in [3.8, 4) is 0 Å². The number of ether oxygens (including phenoxy) is 1. The third-order valence-corrected chi connectivity index (χ3v) is 3.14. The normalized spacial score (nSPS) is 11.2. The molecule has 2 heterocycles. The highest BCUT2D eigenvalue weighted by Gasteiger charge is 2.15. The highest BCUT2D eigenvalue weighted by atomic mass is 16.6. The molecule has 0 radical (unpaired) electrons. The highest BCUT2D eigenvalue weighted by molar-refractivity contribution is 5.75. The van der Waals surface area contributed by atoms with Crippen molar-refractivity contribution in [2.45, 2.75) is 26.4 Å². The van der Waals surface area contributed by atoms with Crippen LogP contribution in [0, 0.1) is 0 Å². The summed E-state index contributed by atoms with van der Waals surface area (Å²) >= 11 is 0. The van der Waals surface area contributed by atoms with E-state index in [0.29, 0.717) is 5.69 Å². The first-order valence-corrected chi connectivity index (χ1v) is 7.81. The Balaban J connectivity index is 1.67. The number of imidazole rings is 1. The lowest BCUT2D eigenvalue weighted by Crippen LogP contribution is -2.35. The van der Waals surface area contributed by atoms with Crippen molar-refractivity contribution in [1.82, 2.24) is 20.0 Å². The fourth-order valence-electron chi connectivity index (χ4n) is 2.19. The molecule has 1 aromatic carbocycles. The number of anilines is 3. The Labute approximate surface area is 145 Å². The van der Waals surface area contributed by atoms with Gasteiger partial charge in [0.15, 0.2) is 5.65 Å². The largest absolute Gasteiger partial charge is 0.443 e. The minimum Gasteiger partial charge on any atom is -0.443 e. The van der Waals surface area contributed by atoms with Crippen LogP contribution in [0.4, 0.5) is 21.9 Å². The Morgan fingerprint density at radius 3 is 2.76 bits per heavy atom. The summed E-state index contributed by atoms with van der Waals surface area (Å²) in [5, 5.41) is 7.47. The van der Waals surface area contributed by atoms with Crippen LogP contribution in [0.5, 0.6) is 0 Å². The van der Waals surface area contributed by atoms with Crippen LogP contribution < -0.4 is 16.2 Å². The lowest BCUT2D eigenvalue weighted by molar-refractivity contribution is 0.0541. The molecular weight excluding hydrogens is 320 g/mol. The van der Waals surface area contributed by atoms with Crippen molar-refractivity contribution in [3.05, 3.63) is 48.9 Å². The van der Waals surface area contributed by atoms with Crippen LogP contribution in [-0.2, 0) is 4.74 Å². The summed E-state index contributed by atoms with van der Waals surface area (Å²) in [6, 6.07) is 9.32. The molecule has 0 saturated heterocycles. The monoisotopic (exact) mass is 340 g/mol. The molecule has 8 heteroatoms. The van der Waals surface area contributed by atoms with Crippen molar-refractivity contribution in [2.24, 2.45) is 0 Å². The van der Waals surface area contributed by atoms with Gasteiger partial charge in [0, 0.05) is 18.1 Å². The van der Waals surface area contributed by atoms with Crippen LogP contribution in [0.2, 0.25) is 0 Å². The number of carbonyl (C=O) groups excluding carboxylic acids is 1. The number of hydrazine groups is 1. The molecule has 130 valence electrons. The summed E-state index contributed by atoms with van der Waals surface area (Å²) in [7, 11) is 0. The molecule has 0 unspecified atom stereocenters. The molecule has 8 nitrogen and oxygen atoms in total. The van der Waals surface area contributed by atoms with E-state index >= 15 is 0 Å². The molecule has 3 aromatic rings. The fourth-order valence-corrected chi connectivity index (χ4v) is 2.19. The Bertz CT molecular complexity index is 884. The van der Waals surface area contributed by atoms with Crippen LogP contribution in [0.3, 0.4) is 0 Å². The lowest BCUT2D eigenvalue weighted by Gasteiger charge is -2.20. The van der Waals surface area contributed by atoms with Gasteiger partial charge in [-0.1, -0.05) is 6.07 Å². The Morgan fingerprint density at radius 1 is 1.16 bits per heavy atom. The molecule has 1 amide bonds. The van der Waals surface area contributed by atoms with Crippen LogP contribution in [0.15, 0.2) is 48.9 Å². The number of carbonyl (C=O) groups is 1. The zero-order valence-electron chi connectivity index (χ0n) is 14.3. The van der Waals surface area contributed by atoms with Gasteiger partial charge in [0.25, 0.3) is 0 Å². The van der Waals surface area contributed by atoms with E-state index in [1.807, 2.05) is 51.1 Å². The van der Waals surface area contributed by atoms with Gasteiger partial charge in [-0.15, -0.1) is 0 Å². The quantitative estimate of drug-likeness (QED) is 0.631. The molecule has 0 aliphatic carbocycles. The third kappa shape index (κ3) is 4.37. The topological polar surface area (TPSA) is 92.6 Å². The van der Waals surface area contributed by atoms with Crippen LogP contribution in [0.25, 0.3) is 5.65 Å². The van der Waals surface area contributed by atoms with Crippen LogP contribution in [-0.4, -0.2) is 26.3 Å². The molecule has 0 atom stereocenters. The second-order valence-corrected chi connectivity index (χ2v) is 6.40. The molecule has 0 saturated carbocycles. The van der Waals surface area contributed by atoms with E-state index in [1.54, 1.807) is 23.1 Å². The van der Waals surface area contributed by atoms with Gasteiger partial charge in [-0.3, -0.25) is 5.43 Å². The van der Waals surface area contributed by atoms with E-state index in [0.717, 1.165) is 17.0 Å². The van der Waals surface area contributed by atoms with Gasteiger partial charge in [-0.25, -0.2) is 19.7 Å². The highest BCUT2D eigenvalue weighted by Crippen LogP contribution is 2.22. The number of rotatable bonds is 4. The van der Waals surface area contributed by atoms with E-state index in [9.17, 15) is 4.79 Å². The summed E-state index contributed by atoms with van der Waals surface area (Å²) in [6.07, 6.45) is 4.63. The van der Waals surface area contributed by atoms with E-state index < -0.39 is 11.7 Å². The maximum atomic E-state index is 11.7. The fraction of sp³-hybridized carbons (Fsp3) is 0.235. The van der Waals surface area contributed by atoms with Gasteiger partial charge in [0.05, 0.1) is 17.6 Å². The standard InChI is InChI=1S/C17H20N6O2/c1-17(2,3)25-16(24)22-21-13-6-4-5-12(11-13)20-14-7-8-19-23-10-9-18-15(14)23/h4-11,20-21H,1-3H3,(H,22,24). The summed E-state index contributed by atoms with van der Waals surface area (Å²) in [5.41, 5.74) is 7.90. The van der Waals surface area contributed by atoms with E-state index in [-0.39, 0.29) is 0 Å². The number of hydrogen-bond donors (Lipinski definition) is 3. The van der Waals surface area contributed by atoms with Gasteiger partial charge in [-0.05, 0) is 45.0 Å². The summed E-state index contributed by atoms with van der Waals surface area (Å²) in [4.78, 5) is 16.0. The summed E-state index contributed by atoms with van der Waals surface area (Å²) < 4.78 is 6.87. The smallest absolute Gasteiger partial charge is 0.426 e. The minimum atomic E-state index is -0.550. The maximum Gasteiger partial charge on any atom is 0.426 e. The SMILES string of the molecule is CC(C)(C)OC(=O)NNc1cccc(Nc2ccnn3ccnc23)c1. The summed E-state index contributed by atoms with van der Waals surface area (Å²) in [6.45, 7) is 5.42. The van der Waals surface area contributed by atoms with Crippen molar-refractivity contribution >= 4 is 28.8 Å². The first-order chi connectivity index (χ1) is 11.9.